The van der Waals surface area contributed by atoms with Crippen molar-refractivity contribution >= 4 is 0 Å². The van der Waals surface area contributed by atoms with Gasteiger partial charge >= 0.3 is 0 Å². The Labute approximate surface area is 113 Å². The lowest BCUT2D eigenvalue weighted by Crippen LogP contribution is -2.18. The van der Waals surface area contributed by atoms with Gasteiger partial charge in [-0.1, -0.05) is 23.8 Å². The Bertz CT molecular complexity index is 549. The normalized spacial score (nSPS) is 11.0. The second-order valence-corrected chi connectivity index (χ2v) is 5.07. The summed E-state index contributed by atoms with van der Waals surface area (Å²) in [7, 11) is 2.05. The van der Waals surface area contributed by atoms with Crippen molar-refractivity contribution in [3.8, 4) is 0 Å². The van der Waals surface area contributed by atoms with Gasteiger partial charge in [-0.05, 0) is 44.2 Å². The summed E-state index contributed by atoms with van der Waals surface area (Å²) in [4.78, 5) is 6.26. The van der Waals surface area contributed by atoms with Crippen LogP contribution in [0.3, 0.4) is 0 Å². The van der Waals surface area contributed by atoms with E-state index in [4.69, 9.17) is 0 Å². The van der Waals surface area contributed by atoms with Crippen molar-refractivity contribution in [3.05, 3.63) is 64.7 Å². The molecule has 2 nitrogen and oxygen atoms in total. The van der Waals surface area contributed by atoms with Crippen LogP contribution in [-0.2, 0) is 13.1 Å². The summed E-state index contributed by atoms with van der Waals surface area (Å²) < 4.78 is 12.8. The Morgan fingerprint density at radius 2 is 1.89 bits per heavy atom. The van der Waals surface area contributed by atoms with Crippen LogP contribution in [0.25, 0.3) is 0 Å². The Hall–Kier alpha value is -1.74. The topological polar surface area (TPSA) is 16.1 Å². The average molecular weight is 258 g/mol. The number of halogens is 1. The molecule has 0 N–H and O–H groups in total. The lowest BCUT2D eigenvalue weighted by atomic mass is 10.1. The number of hydrogen-bond acceptors (Lipinski definition) is 2. The van der Waals surface area contributed by atoms with Gasteiger partial charge in [-0.2, -0.15) is 0 Å². The highest BCUT2D eigenvalue weighted by Crippen LogP contribution is 2.13. The summed E-state index contributed by atoms with van der Waals surface area (Å²) >= 11 is 0. The molecule has 2 aromatic rings. The Morgan fingerprint density at radius 1 is 1.11 bits per heavy atom. The molecule has 0 atom stereocenters. The van der Waals surface area contributed by atoms with Crippen LogP contribution in [0, 0.1) is 19.7 Å². The van der Waals surface area contributed by atoms with E-state index in [0.717, 1.165) is 12.2 Å². The molecule has 0 bridgehead atoms. The summed E-state index contributed by atoms with van der Waals surface area (Å²) in [5, 5.41) is 0. The van der Waals surface area contributed by atoms with Crippen LogP contribution in [0.4, 0.5) is 4.39 Å². The van der Waals surface area contributed by atoms with Gasteiger partial charge in [0.2, 0.25) is 0 Å². The molecule has 0 unspecified atom stereocenters. The summed E-state index contributed by atoms with van der Waals surface area (Å²) in [6.07, 6.45) is 1.26. The summed E-state index contributed by atoms with van der Waals surface area (Å²) in [6.45, 7) is 5.81. The van der Waals surface area contributed by atoms with E-state index < -0.39 is 0 Å². The molecule has 0 saturated heterocycles. The minimum atomic E-state index is -0.291. The van der Waals surface area contributed by atoms with E-state index >= 15 is 0 Å². The molecule has 100 valence electrons. The Kier molecular flexibility index (Phi) is 4.27. The highest BCUT2D eigenvalue weighted by Gasteiger charge is 2.05. The fourth-order valence-corrected chi connectivity index (χ4v) is 2.15. The predicted molar refractivity (Wildman–Crippen MR) is 75.3 cm³/mol. The van der Waals surface area contributed by atoms with Crippen molar-refractivity contribution in [1.29, 1.82) is 0 Å². The molecule has 0 radical (unpaired) electrons. The maximum atomic E-state index is 12.8. The molecule has 2 rings (SSSR count). The maximum Gasteiger partial charge on any atom is 0.141 e. The molecular formula is C16H19FN2. The second-order valence-electron chi connectivity index (χ2n) is 5.07. The SMILES string of the molecule is Cc1ccc(CN(C)Cc2ccc(F)cn2)c(C)c1. The quantitative estimate of drug-likeness (QED) is 0.834. The van der Waals surface area contributed by atoms with Gasteiger partial charge in [0.05, 0.1) is 11.9 Å². The number of rotatable bonds is 4. The first kappa shape index (κ1) is 13.7. The lowest BCUT2D eigenvalue weighted by molar-refractivity contribution is 0.314. The summed E-state index contributed by atoms with van der Waals surface area (Å²) in [6, 6.07) is 9.67. The van der Waals surface area contributed by atoms with Crippen molar-refractivity contribution in [1.82, 2.24) is 9.88 Å². The third-order valence-electron chi connectivity index (χ3n) is 3.16. The zero-order chi connectivity index (χ0) is 13.8. The molecule has 0 fully saturated rings. The third-order valence-corrected chi connectivity index (χ3v) is 3.16. The van der Waals surface area contributed by atoms with Gasteiger partial charge in [-0.15, -0.1) is 0 Å². The van der Waals surface area contributed by atoms with Gasteiger partial charge in [0.15, 0.2) is 0 Å². The van der Waals surface area contributed by atoms with E-state index in [2.05, 4.69) is 41.9 Å². The smallest absolute Gasteiger partial charge is 0.141 e. The van der Waals surface area contributed by atoms with Crippen molar-refractivity contribution in [2.45, 2.75) is 26.9 Å². The number of aryl methyl sites for hydroxylation is 2. The first-order chi connectivity index (χ1) is 9.04. The van der Waals surface area contributed by atoms with Crippen LogP contribution in [0.1, 0.15) is 22.4 Å². The molecule has 19 heavy (non-hydrogen) atoms. The van der Waals surface area contributed by atoms with Crippen LogP contribution >= 0.6 is 0 Å². The van der Waals surface area contributed by atoms with E-state index in [1.807, 2.05) is 7.05 Å². The number of nitrogens with zero attached hydrogens (tertiary/aromatic N) is 2. The molecule has 0 aliphatic carbocycles. The predicted octanol–water partition coefficient (Wildman–Crippen LogP) is 3.47. The molecular weight excluding hydrogens is 239 g/mol. The average Bonchev–Trinajstić information content (AvgIpc) is 2.36. The molecule has 0 amide bonds. The van der Waals surface area contributed by atoms with E-state index in [1.54, 1.807) is 6.07 Å². The Morgan fingerprint density at radius 3 is 2.53 bits per heavy atom. The highest BCUT2D eigenvalue weighted by atomic mass is 19.1. The van der Waals surface area contributed by atoms with E-state index in [1.165, 1.54) is 29.0 Å². The van der Waals surface area contributed by atoms with Crippen LogP contribution in [-0.4, -0.2) is 16.9 Å². The molecule has 1 aromatic heterocycles. The summed E-state index contributed by atoms with van der Waals surface area (Å²) in [5.74, 6) is -0.291. The third kappa shape index (κ3) is 3.86. The molecule has 3 heteroatoms. The number of aromatic nitrogens is 1. The minimum Gasteiger partial charge on any atom is -0.296 e. The fourth-order valence-electron chi connectivity index (χ4n) is 2.15. The number of hydrogen-bond donors (Lipinski definition) is 0. The zero-order valence-electron chi connectivity index (χ0n) is 11.7. The van der Waals surface area contributed by atoms with Crippen LogP contribution < -0.4 is 0 Å². The van der Waals surface area contributed by atoms with Gasteiger partial charge in [-0.3, -0.25) is 9.88 Å². The Balaban J connectivity index is 2.01. The monoisotopic (exact) mass is 258 g/mol. The van der Waals surface area contributed by atoms with Gasteiger partial charge in [0.25, 0.3) is 0 Å². The molecule has 0 aliphatic rings. The molecule has 0 spiro atoms. The van der Waals surface area contributed by atoms with Crippen molar-refractivity contribution in [2.75, 3.05) is 7.05 Å². The number of benzene rings is 1. The summed E-state index contributed by atoms with van der Waals surface area (Å²) in [5.41, 5.74) is 4.78. The largest absolute Gasteiger partial charge is 0.296 e. The standard InChI is InChI=1S/C16H19FN2/c1-12-4-5-14(13(2)8-12)10-19(3)11-16-7-6-15(17)9-18-16/h4-9H,10-11H2,1-3H3. The first-order valence-electron chi connectivity index (χ1n) is 6.39. The van der Waals surface area contributed by atoms with Crippen molar-refractivity contribution in [2.24, 2.45) is 0 Å². The van der Waals surface area contributed by atoms with Crippen LogP contribution in [0.2, 0.25) is 0 Å². The maximum absolute atomic E-state index is 12.8. The number of pyridine rings is 1. The van der Waals surface area contributed by atoms with E-state index in [-0.39, 0.29) is 5.82 Å². The van der Waals surface area contributed by atoms with Crippen molar-refractivity contribution < 1.29 is 4.39 Å². The molecule has 0 aliphatic heterocycles. The highest BCUT2D eigenvalue weighted by molar-refractivity contribution is 5.30. The second kappa shape index (κ2) is 5.93. The molecule has 0 saturated carbocycles. The lowest BCUT2D eigenvalue weighted by Gasteiger charge is -2.18. The van der Waals surface area contributed by atoms with E-state index in [9.17, 15) is 4.39 Å². The minimum absolute atomic E-state index is 0.291. The van der Waals surface area contributed by atoms with Gasteiger partial charge in [0, 0.05) is 13.1 Å². The van der Waals surface area contributed by atoms with Gasteiger partial charge in [-0.25, -0.2) is 4.39 Å². The molecule has 1 aromatic carbocycles. The first-order valence-corrected chi connectivity index (χ1v) is 6.39. The van der Waals surface area contributed by atoms with E-state index in [0.29, 0.717) is 6.54 Å². The zero-order valence-corrected chi connectivity index (χ0v) is 11.7. The van der Waals surface area contributed by atoms with Gasteiger partial charge < -0.3 is 0 Å². The molecule has 1 heterocycles. The van der Waals surface area contributed by atoms with Crippen LogP contribution in [0.5, 0.6) is 0 Å². The van der Waals surface area contributed by atoms with Crippen molar-refractivity contribution in [3.63, 3.8) is 0 Å². The van der Waals surface area contributed by atoms with Gasteiger partial charge in [0.1, 0.15) is 5.82 Å². The fraction of sp³-hybridized carbons (Fsp3) is 0.312. The van der Waals surface area contributed by atoms with Crippen LogP contribution in [0.15, 0.2) is 36.5 Å².